The van der Waals surface area contributed by atoms with Crippen LogP contribution >= 0.6 is 0 Å². The van der Waals surface area contributed by atoms with Crippen molar-refractivity contribution in [2.75, 3.05) is 13.1 Å². The third-order valence-electron chi connectivity index (χ3n) is 3.51. The molecule has 1 aliphatic rings. The Kier molecular flexibility index (Phi) is 4.54. The maximum atomic E-state index is 12.0. The van der Waals surface area contributed by atoms with Gasteiger partial charge in [0.05, 0.1) is 6.54 Å². The third kappa shape index (κ3) is 3.46. The Morgan fingerprint density at radius 3 is 3.00 bits per heavy atom. The minimum Gasteiger partial charge on any atom is -0.481 e. The van der Waals surface area contributed by atoms with Gasteiger partial charge in [0.25, 0.3) is 0 Å². The van der Waals surface area contributed by atoms with Gasteiger partial charge in [0.15, 0.2) is 5.82 Å². The lowest BCUT2D eigenvalue weighted by molar-refractivity contribution is -0.138. The molecule has 110 valence electrons. The van der Waals surface area contributed by atoms with E-state index in [4.69, 9.17) is 5.11 Å². The van der Waals surface area contributed by atoms with Gasteiger partial charge in [-0.15, -0.1) is 10.2 Å². The number of carbonyl (C=O) groups is 2. The van der Waals surface area contributed by atoms with Crippen molar-refractivity contribution in [1.82, 2.24) is 25.0 Å². The predicted molar refractivity (Wildman–Crippen MR) is 69.9 cm³/mol. The van der Waals surface area contributed by atoms with Crippen molar-refractivity contribution < 1.29 is 14.7 Å². The lowest BCUT2D eigenvalue weighted by Gasteiger charge is -2.27. The summed E-state index contributed by atoms with van der Waals surface area (Å²) >= 11 is 0. The Labute approximate surface area is 116 Å². The van der Waals surface area contributed by atoms with Gasteiger partial charge >= 0.3 is 12.0 Å². The zero-order chi connectivity index (χ0) is 14.5. The molecule has 8 nitrogen and oxygen atoms in total. The third-order valence-corrected chi connectivity index (χ3v) is 3.51. The fraction of sp³-hybridized carbons (Fsp3) is 0.667. The Hall–Kier alpha value is -2.12. The molecule has 20 heavy (non-hydrogen) atoms. The number of nitrogens with zero attached hydrogens (tertiary/aromatic N) is 4. The first-order valence-electron chi connectivity index (χ1n) is 6.71. The van der Waals surface area contributed by atoms with Crippen molar-refractivity contribution in [1.29, 1.82) is 0 Å². The van der Waals surface area contributed by atoms with Crippen molar-refractivity contribution in [2.24, 2.45) is 5.92 Å². The van der Waals surface area contributed by atoms with E-state index >= 15 is 0 Å². The number of fused-ring (bicyclic) bond motifs is 1. The molecule has 0 spiro atoms. The van der Waals surface area contributed by atoms with Crippen LogP contribution in [0.3, 0.4) is 0 Å². The van der Waals surface area contributed by atoms with Gasteiger partial charge < -0.3 is 19.9 Å². The summed E-state index contributed by atoms with van der Waals surface area (Å²) in [5, 5.41) is 19.3. The smallest absolute Gasteiger partial charge is 0.317 e. The molecule has 1 unspecified atom stereocenters. The van der Waals surface area contributed by atoms with Gasteiger partial charge in [-0.1, -0.05) is 13.3 Å². The molecule has 2 rings (SSSR count). The average molecular weight is 281 g/mol. The van der Waals surface area contributed by atoms with Gasteiger partial charge in [0.1, 0.15) is 6.33 Å². The normalized spacial score (nSPS) is 15.6. The highest BCUT2D eigenvalue weighted by Gasteiger charge is 2.22. The van der Waals surface area contributed by atoms with E-state index in [1.165, 1.54) is 0 Å². The van der Waals surface area contributed by atoms with Crippen LogP contribution in [0.2, 0.25) is 0 Å². The highest BCUT2D eigenvalue weighted by atomic mass is 16.4. The number of carboxylic acid groups (broad SMARTS) is 1. The molecule has 0 saturated carbocycles. The number of hydrogen-bond acceptors (Lipinski definition) is 4. The molecule has 0 aromatic carbocycles. The summed E-state index contributed by atoms with van der Waals surface area (Å²) in [6, 6.07) is -0.178. The van der Waals surface area contributed by atoms with E-state index in [9.17, 15) is 9.59 Å². The minimum atomic E-state index is -0.836. The molecule has 1 aromatic heterocycles. The minimum absolute atomic E-state index is 0.0371. The molecular formula is C12H19N5O3. The Balaban J connectivity index is 1.82. The van der Waals surface area contributed by atoms with Crippen molar-refractivity contribution in [3.05, 3.63) is 12.2 Å². The van der Waals surface area contributed by atoms with Crippen molar-refractivity contribution in [3.8, 4) is 0 Å². The SMILES string of the molecule is CCC(CNC(=O)N1CCn2cnnc2C1)CC(=O)O. The van der Waals surface area contributed by atoms with Crippen molar-refractivity contribution in [3.63, 3.8) is 0 Å². The van der Waals surface area contributed by atoms with Crippen molar-refractivity contribution >= 4 is 12.0 Å². The van der Waals surface area contributed by atoms with Gasteiger partial charge in [0.2, 0.25) is 0 Å². The number of nitrogens with one attached hydrogen (secondary N) is 1. The predicted octanol–water partition coefficient (Wildman–Crippen LogP) is 0.304. The Bertz CT molecular complexity index is 487. The van der Waals surface area contributed by atoms with E-state index in [1.54, 1.807) is 11.2 Å². The molecule has 1 atom stereocenters. The standard InChI is InChI=1S/C12H19N5O3/c1-2-9(5-11(18)19)6-13-12(20)16-3-4-17-8-14-15-10(17)7-16/h8-9H,2-7H2,1H3,(H,13,20)(H,18,19). The lowest BCUT2D eigenvalue weighted by atomic mass is 10.0. The van der Waals surface area contributed by atoms with E-state index in [0.29, 0.717) is 26.2 Å². The number of amides is 2. The molecule has 8 heteroatoms. The van der Waals surface area contributed by atoms with Crippen LogP contribution in [-0.4, -0.2) is 49.9 Å². The molecule has 0 bridgehead atoms. The summed E-state index contributed by atoms with van der Waals surface area (Å²) in [6.07, 6.45) is 2.45. The quantitative estimate of drug-likeness (QED) is 0.808. The fourth-order valence-corrected chi connectivity index (χ4v) is 2.19. The second kappa shape index (κ2) is 6.36. The molecule has 0 radical (unpaired) electrons. The summed E-state index contributed by atoms with van der Waals surface area (Å²) in [7, 11) is 0. The number of carbonyl (C=O) groups excluding carboxylic acids is 1. The van der Waals surface area contributed by atoms with Crippen LogP contribution in [0.25, 0.3) is 0 Å². The molecule has 0 saturated heterocycles. The van der Waals surface area contributed by atoms with E-state index in [2.05, 4.69) is 15.5 Å². The number of aromatic nitrogens is 3. The van der Waals surface area contributed by atoms with Crippen LogP contribution in [-0.2, 0) is 17.9 Å². The number of urea groups is 1. The zero-order valence-electron chi connectivity index (χ0n) is 11.4. The Morgan fingerprint density at radius 2 is 2.30 bits per heavy atom. The second-order valence-electron chi connectivity index (χ2n) is 4.92. The molecule has 2 N–H and O–H groups in total. The van der Waals surface area contributed by atoms with E-state index < -0.39 is 5.97 Å². The molecule has 2 amide bonds. The molecule has 1 aliphatic heterocycles. The molecular weight excluding hydrogens is 262 g/mol. The second-order valence-corrected chi connectivity index (χ2v) is 4.92. The largest absolute Gasteiger partial charge is 0.481 e. The molecule has 0 fully saturated rings. The zero-order valence-corrected chi connectivity index (χ0v) is 11.4. The van der Waals surface area contributed by atoms with Crippen LogP contribution in [0.15, 0.2) is 6.33 Å². The summed E-state index contributed by atoms with van der Waals surface area (Å²) in [5.41, 5.74) is 0. The van der Waals surface area contributed by atoms with Gasteiger partial charge in [-0.05, 0) is 5.92 Å². The first kappa shape index (κ1) is 14.3. The van der Waals surface area contributed by atoms with Crippen LogP contribution in [0.1, 0.15) is 25.6 Å². The summed E-state index contributed by atoms with van der Waals surface area (Å²) in [5.74, 6) is -0.106. The van der Waals surface area contributed by atoms with E-state index in [0.717, 1.165) is 12.2 Å². The molecule has 2 heterocycles. The topological polar surface area (TPSA) is 100 Å². The monoisotopic (exact) mass is 281 g/mol. The highest BCUT2D eigenvalue weighted by Crippen LogP contribution is 2.10. The highest BCUT2D eigenvalue weighted by molar-refractivity contribution is 5.74. The summed E-state index contributed by atoms with van der Waals surface area (Å²) in [4.78, 5) is 24.4. The van der Waals surface area contributed by atoms with E-state index in [1.807, 2.05) is 11.5 Å². The van der Waals surface area contributed by atoms with Crippen LogP contribution in [0, 0.1) is 5.92 Å². The molecule has 0 aliphatic carbocycles. The summed E-state index contributed by atoms with van der Waals surface area (Å²) < 4.78 is 1.92. The first-order chi connectivity index (χ1) is 9.60. The number of hydrogen-bond donors (Lipinski definition) is 2. The van der Waals surface area contributed by atoms with Crippen LogP contribution in [0.4, 0.5) is 4.79 Å². The maximum absolute atomic E-state index is 12.0. The van der Waals surface area contributed by atoms with Gasteiger partial charge in [-0.3, -0.25) is 4.79 Å². The van der Waals surface area contributed by atoms with Gasteiger partial charge in [-0.25, -0.2) is 4.79 Å². The van der Waals surface area contributed by atoms with Gasteiger partial charge in [-0.2, -0.15) is 0 Å². The number of carboxylic acids is 1. The van der Waals surface area contributed by atoms with Crippen molar-refractivity contribution in [2.45, 2.75) is 32.9 Å². The lowest BCUT2D eigenvalue weighted by Crippen LogP contribution is -2.45. The average Bonchev–Trinajstić information content (AvgIpc) is 2.89. The number of aliphatic carboxylic acids is 1. The molecule has 1 aromatic rings. The fourth-order valence-electron chi connectivity index (χ4n) is 2.19. The Morgan fingerprint density at radius 1 is 1.50 bits per heavy atom. The van der Waals surface area contributed by atoms with Crippen LogP contribution < -0.4 is 5.32 Å². The van der Waals surface area contributed by atoms with Crippen LogP contribution in [0.5, 0.6) is 0 Å². The first-order valence-corrected chi connectivity index (χ1v) is 6.71. The van der Waals surface area contributed by atoms with E-state index in [-0.39, 0.29) is 18.4 Å². The maximum Gasteiger partial charge on any atom is 0.317 e. The number of rotatable bonds is 5. The summed E-state index contributed by atoms with van der Waals surface area (Å²) in [6.45, 7) is 4.02. The van der Waals surface area contributed by atoms with Gasteiger partial charge in [0, 0.05) is 26.1 Å².